The summed E-state index contributed by atoms with van der Waals surface area (Å²) in [5.74, 6) is -17.9. The van der Waals surface area contributed by atoms with Gasteiger partial charge >= 0.3 is 59.7 Å². The molecule has 0 aliphatic carbocycles. The number of ether oxygens (including phenoxy) is 13. The second-order valence-electron chi connectivity index (χ2n) is 13.2. The van der Waals surface area contributed by atoms with Gasteiger partial charge in [-0.25, -0.2) is 0 Å². The summed E-state index contributed by atoms with van der Waals surface area (Å²) in [6.07, 6.45) is 0. The molecule has 0 saturated carbocycles. The molecular weight excluding hydrogens is 896 g/mol. The Labute approximate surface area is 378 Å². The van der Waals surface area contributed by atoms with Crippen LogP contribution in [0.4, 0.5) is 0 Å². The van der Waals surface area contributed by atoms with Crippen LogP contribution >= 0.6 is 0 Å². The van der Waals surface area contributed by atoms with Crippen molar-refractivity contribution in [3.05, 3.63) is 48.5 Å². The van der Waals surface area contributed by atoms with E-state index in [4.69, 9.17) is 61.6 Å². The third-order valence-electron chi connectivity index (χ3n) is 7.16. The van der Waals surface area contributed by atoms with Crippen molar-refractivity contribution in [1.29, 1.82) is 0 Å². The van der Waals surface area contributed by atoms with Gasteiger partial charge in [0.15, 0.2) is 34.5 Å². The molecule has 352 valence electrons. The van der Waals surface area contributed by atoms with Crippen LogP contribution in [-0.2, 0) is 47.9 Å². The molecule has 0 fully saturated rings. The lowest BCUT2D eigenvalue weighted by atomic mass is 10.2. The predicted molar refractivity (Wildman–Crippen MR) is 219 cm³/mol. The number of esters is 10. The SMILES string of the molecule is CC(=O)Oc1cc(OC(C)=O)cc(Oc2c(Oc3c(OC(C)=O)cc(Oc4c(OC(C)=O)cc(OC(C)=O)cc4OC(C)=O)cc3OC(C)=O)cc(OC(C)=O)c(OC(C)=O)c2OC(C)=O)c1. The molecule has 0 aliphatic heterocycles. The van der Waals surface area contributed by atoms with Gasteiger partial charge in [-0.1, -0.05) is 0 Å². The van der Waals surface area contributed by atoms with Gasteiger partial charge in [0.1, 0.15) is 28.7 Å². The van der Waals surface area contributed by atoms with Crippen LogP contribution in [0, 0.1) is 0 Å². The molecule has 0 atom stereocenters. The predicted octanol–water partition coefficient (Wildman–Crippen LogP) is 6.32. The molecule has 0 spiro atoms. The van der Waals surface area contributed by atoms with Gasteiger partial charge in [-0.05, 0) is 0 Å². The summed E-state index contributed by atoms with van der Waals surface area (Å²) in [5, 5.41) is 0. The first-order valence-electron chi connectivity index (χ1n) is 19.0. The van der Waals surface area contributed by atoms with E-state index in [1.54, 1.807) is 0 Å². The zero-order valence-corrected chi connectivity index (χ0v) is 37.0. The summed E-state index contributed by atoms with van der Waals surface area (Å²) in [5.41, 5.74) is 0. The topological polar surface area (TPSA) is 291 Å². The standard InChI is InChI=1S/C44H38O23/c1-19(45)55-29-11-30(56-20(2)46)13-31(12-29)66-43-39(18-38(62-26(8)52)42(63-27(9)53)44(43)64-28(10)54)67-41-36(60-24(6)50)16-33(17-37(41)61-25(7)51)65-40-34(58-22(4)48)14-32(57-21(3)47)15-35(40)59-23(5)49/h11-18H,1-10H3. The maximum atomic E-state index is 12.7. The molecule has 4 aromatic carbocycles. The van der Waals surface area contributed by atoms with E-state index in [-0.39, 0.29) is 23.0 Å². The Kier molecular flexibility index (Phi) is 16.7. The molecule has 4 rings (SSSR count). The van der Waals surface area contributed by atoms with Crippen molar-refractivity contribution >= 4 is 59.7 Å². The molecule has 0 unspecified atom stereocenters. The van der Waals surface area contributed by atoms with Gasteiger partial charge in [-0.3, -0.25) is 47.9 Å². The van der Waals surface area contributed by atoms with Crippen molar-refractivity contribution in [2.75, 3.05) is 0 Å². The zero-order valence-electron chi connectivity index (χ0n) is 37.0. The molecule has 0 radical (unpaired) electrons. The van der Waals surface area contributed by atoms with Gasteiger partial charge in [0, 0.05) is 118 Å². The quantitative estimate of drug-likeness (QED) is 0.0877. The summed E-state index contributed by atoms with van der Waals surface area (Å²) in [4.78, 5) is 123. The Hall–Kier alpha value is -9.02. The Balaban J connectivity index is 2.12. The van der Waals surface area contributed by atoms with Crippen LogP contribution in [0.15, 0.2) is 48.5 Å². The van der Waals surface area contributed by atoms with Crippen molar-refractivity contribution in [2.45, 2.75) is 69.2 Å². The lowest BCUT2D eigenvalue weighted by Crippen LogP contribution is -2.12. The fourth-order valence-electron chi connectivity index (χ4n) is 5.37. The van der Waals surface area contributed by atoms with E-state index in [0.717, 1.165) is 118 Å². The highest BCUT2D eigenvalue weighted by molar-refractivity contribution is 5.83. The van der Waals surface area contributed by atoms with Gasteiger partial charge in [0.2, 0.25) is 28.7 Å². The maximum absolute atomic E-state index is 12.7. The summed E-state index contributed by atoms with van der Waals surface area (Å²) in [6, 6.07) is 8.27. The molecule has 67 heavy (non-hydrogen) atoms. The molecule has 0 heterocycles. The molecule has 0 aliphatic rings. The van der Waals surface area contributed by atoms with Crippen molar-refractivity contribution in [3.8, 4) is 92.0 Å². The molecule has 23 heteroatoms. The number of rotatable bonds is 16. The maximum Gasteiger partial charge on any atom is 0.308 e. The van der Waals surface area contributed by atoms with Crippen LogP contribution in [0.3, 0.4) is 0 Å². The van der Waals surface area contributed by atoms with Crippen LogP contribution in [0.1, 0.15) is 69.2 Å². The monoisotopic (exact) mass is 934 g/mol. The lowest BCUT2D eigenvalue weighted by Gasteiger charge is -2.22. The Morgan fingerprint density at radius 2 is 0.478 bits per heavy atom. The number of carbonyl (C=O) groups excluding carboxylic acids is 10. The minimum Gasteiger partial charge on any atom is -0.449 e. The molecular formula is C44H38O23. The van der Waals surface area contributed by atoms with Gasteiger partial charge in [-0.2, -0.15) is 0 Å². The van der Waals surface area contributed by atoms with Crippen LogP contribution in [0.25, 0.3) is 0 Å². The number of hydrogen-bond acceptors (Lipinski definition) is 23. The van der Waals surface area contributed by atoms with E-state index in [9.17, 15) is 47.9 Å². The van der Waals surface area contributed by atoms with E-state index in [0.29, 0.717) is 0 Å². The molecule has 0 amide bonds. The lowest BCUT2D eigenvalue weighted by molar-refractivity contribution is -0.135. The Morgan fingerprint density at radius 3 is 0.836 bits per heavy atom. The summed E-state index contributed by atoms with van der Waals surface area (Å²) in [7, 11) is 0. The first kappa shape index (κ1) is 50.6. The first-order valence-corrected chi connectivity index (χ1v) is 19.0. The van der Waals surface area contributed by atoms with Gasteiger partial charge < -0.3 is 61.6 Å². The zero-order chi connectivity index (χ0) is 49.9. The Morgan fingerprint density at radius 1 is 0.224 bits per heavy atom. The van der Waals surface area contributed by atoms with E-state index in [1.807, 2.05) is 0 Å². The fraction of sp³-hybridized carbons (Fsp3) is 0.227. The molecule has 0 aromatic heterocycles. The largest absolute Gasteiger partial charge is 0.449 e. The first-order chi connectivity index (χ1) is 31.4. The van der Waals surface area contributed by atoms with Crippen molar-refractivity contribution in [3.63, 3.8) is 0 Å². The highest BCUT2D eigenvalue weighted by atomic mass is 16.6. The fourth-order valence-corrected chi connectivity index (χ4v) is 5.37. The van der Waals surface area contributed by atoms with E-state index >= 15 is 0 Å². The van der Waals surface area contributed by atoms with E-state index in [2.05, 4.69) is 0 Å². The van der Waals surface area contributed by atoms with Crippen LogP contribution in [0.2, 0.25) is 0 Å². The number of benzene rings is 4. The summed E-state index contributed by atoms with van der Waals surface area (Å²) < 4.78 is 71.4. The van der Waals surface area contributed by atoms with Crippen LogP contribution in [-0.4, -0.2) is 59.7 Å². The second-order valence-corrected chi connectivity index (χ2v) is 13.2. The van der Waals surface area contributed by atoms with Crippen LogP contribution in [0.5, 0.6) is 92.0 Å². The van der Waals surface area contributed by atoms with Crippen molar-refractivity contribution < 1.29 is 110 Å². The Bertz CT molecular complexity index is 2600. The highest BCUT2D eigenvalue weighted by Gasteiger charge is 2.32. The normalized spacial score (nSPS) is 10.2. The minimum atomic E-state index is -1.08. The summed E-state index contributed by atoms with van der Waals surface area (Å²) >= 11 is 0. The molecule has 0 saturated heterocycles. The minimum absolute atomic E-state index is 0.242. The third kappa shape index (κ3) is 15.0. The van der Waals surface area contributed by atoms with E-state index in [1.165, 1.54) is 0 Å². The van der Waals surface area contributed by atoms with Gasteiger partial charge in [0.05, 0.1) is 0 Å². The second kappa shape index (κ2) is 22.1. The number of carbonyl (C=O) groups is 10. The average Bonchev–Trinajstić information content (AvgIpc) is 3.14. The molecule has 0 N–H and O–H groups in total. The average molecular weight is 935 g/mol. The van der Waals surface area contributed by atoms with Crippen molar-refractivity contribution in [2.24, 2.45) is 0 Å². The van der Waals surface area contributed by atoms with Crippen LogP contribution < -0.4 is 61.6 Å². The third-order valence-corrected chi connectivity index (χ3v) is 7.16. The van der Waals surface area contributed by atoms with Crippen molar-refractivity contribution in [1.82, 2.24) is 0 Å². The number of hydrogen-bond donors (Lipinski definition) is 0. The molecule has 0 bridgehead atoms. The molecule has 4 aromatic rings. The molecule has 23 nitrogen and oxygen atoms in total. The smallest absolute Gasteiger partial charge is 0.308 e. The van der Waals surface area contributed by atoms with E-state index < -0.39 is 129 Å². The summed E-state index contributed by atoms with van der Waals surface area (Å²) in [6.45, 7) is 10.0. The highest BCUT2D eigenvalue weighted by Crippen LogP contribution is 2.56. The van der Waals surface area contributed by atoms with Gasteiger partial charge in [-0.15, -0.1) is 0 Å². The van der Waals surface area contributed by atoms with Gasteiger partial charge in [0.25, 0.3) is 0 Å².